The molecule has 9 heavy (non-hydrogen) atoms. The fourth-order valence-corrected chi connectivity index (χ4v) is 0.303. The first-order chi connectivity index (χ1) is 3.29. The molecule has 0 radical (unpaired) electrons. The van der Waals surface area contributed by atoms with Gasteiger partial charge >= 0.3 is 115 Å². The molecular weight excluding hydrogens is 174 g/mol. The van der Waals surface area contributed by atoms with Crippen molar-refractivity contribution in [3.8, 4) is 0 Å². The molecule has 3 nitrogen and oxygen atoms in total. The first-order valence-corrected chi connectivity index (χ1v) is 1.73. The van der Waals surface area contributed by atoms with Crippen molar-refractivity contribution in [3.63, 3.8) is 0 Å². The van der Waals surface area contributed by atoms with Gasteiger partial charge in [0.25, 0.3) is 0 Å². The summed E-state index contributed by atoms with van der Waals surface area (Å²) in [5.74, 6) is -1.16. The van der Waals surface area contributed by atoms with E-state index in [1.54, 1.807) is 0 Å². The first-order valence-electron chi connectivity index (χ1n) is 1.73. The first kappa shape index (κ1) is 13.7. The van der Waals surface area contributed by atoms with Crippen molar-refractivity contribution < 1.29 is 14.3 Å². The molecule has 0 saturated heterocycles. The van der Waals surface area contributed by atoms with Crippen LogP contribution in [-0.4, -0.2) is 115 Å². The number of rotatable bonds is 0. The molecule has 0 atom stereocenters. The minimum absolute atomic E-state index is 0. The molecule has 1 aliphatic rings. The van der Waals surface area contributed by atoms with Crippen molar-refractivity contribution >= 4 is 115 Å². The molecule has 0 aromatic carbocycles. The van der Waals surface area contributed by atoms with Crippen LogP contribution in [0.2, 0.25) is 0 Å². The van der Waals surface area contributed by atoms with E-state index in [4.69, 9.17) is 0 Å². The molecule has 0 aromatic heterocycles. The number of hydrogen-bond donors (Lipinski definition) is 0. The third-order valence-corrected chi connectivity index (χ3v) is 0.557. The third kappa shape index (κ3) is 5.43. The second-order valence-corrected chi connectivity index (χ2v) is 1.07. The van der Waals surface area contributed by atoms with E-state index in [-0.39, 0.29) is 103 Å². The van der Waals surface area contributed by atoms with E-state index in [9.17, 15) is 9.59 Å². The zero-order valence-corrected chi connectivity index (χ0v) is 3.38. The standard InChI is InChI=1S/C4H2O3.2K.2H/c5-3-1-2-4(6)7-3;;;;/h1-2H;;;;. The predicted molar refractivity (Wildman–Crippen MR) is 34.5 cm³/mol. The Morgan fingerprint density at radius 2 is 1.33 bits per heavy atom. The van der Waals surface area contributed by atoms with Gasteiger partial charge in [-0.2, -0.15) is 0 Å². The number of cyclic esters (lactones) is 2. The van der Waals surface area contributed by atoms with E-state index in [2.05, 4.69) is 4.74 Å². The summed E-state index contributed by atoms with van der Waals surface area (Å²) in [5.41, 5.74) is 0. The summed E-state index contributed by atoms with van der Waals surface area (Å²) >= 11 is 0. The van der Waals surface area contributed by atoms with E-state index in [0.717, 1.165) is 12.2 Å². The van der Waals surface area contributed by atoms with Gasteiger partial charge in [-0.25, -0.2) is 9.59 Å². The van der Waals surface area contributed by atoms with Crippen molar-refractivity contribution in [3.05, 3.63) is 12.2 Å². The van der Waals surface area contributed by atoms with Gasteiger partial charge in [-0.1, -0.05) is 0 Å². The van der Waals surface area contributed by atoms with Crippen LogP contribution in [-0.2, 0) is 14.3 Å². The van der Waals surface area contributed by atoms with Crippen molar-refractivity contribution in [2.75, 3.05) is 0 Å². The summed E-state index contributed by atoms with van der Waals surface area (Å²) in [6.45, 7) is 0. The monoisotopic (exact) mass is 178 g/mol. The maximum atomic E-state index is 9.92. The molecule has 0 aliphatic carbocycles. The molecule has 0 unspecified atom stereocenters. The van der Waals surface area contributed by atoms with E-state index in [1.807, 2.05) is 0 Å². The number of ether oxygens (including phenoxy) is 1. The maximum absolute atomic E-state index is 9.92. The number of carbonyl (C=O) groups is 2. The van der Waals surface area contributed by atoms with Crippen molar-refractivity contribution in [2.45, 2.75) is 0 Å². The van der Waals surface area contributed by atoms with Crippen molar-refractivity contribution in [2.24, 2.45) is 0 Å². The number of hydrogen-bond acceptors (Lipinski definition) is 3. The molecule has 0 N–H and O–H groups in total. The fraction of sp³-hybridized carbons (Fsp3) is 0. The molecule has 0 bridgehead atoms. The fourth-order valence-electron chi connectivity index (χ4n) is 0.303. The Labute approximate surface area is 137 Å². The van der Waals surface area contributed by atoms with Crippen LogP contribution >= 0.6 is 0 Å². The molecule has 40 valence electrons. The summed E-state index contributed by atoms with van der Waals surface area (Å²) < 4.78 is 3.97. The van der Waals surface area contributed by atoms with E-state index in [1.165, 1.54) is 0 Å². The third-order valence-electron chi connectivity index (χ3n) is 0.557. The van der Waals surface area contributed by atoms with Crippen LogP contribution in [0.25, 0.3) is 0 Å². The summed E-state index contributed by atoms with van der Waals surface area (Å²) in [5, 5.41) is 0. The van der Waals surface area contributed by atoms with Gasteiger partial charge in [0.05, 0.1) is 0 Å². The summed E-state index contributed by atoms with van der Waals surface area (Å²) in [4.78, 5) is 19.8. The normalized spacial score (nSPS) is 13.8. The van der Waals surface area contributed by atoms with E-state index in [0.29, 0.717) is 0 Å². The van der Waals surface area contributed by atoms with Crippen LogP contribution in [0.15, 0.2) is 12.2 Å². The molecule has 0 saturated carbocycles. The zero-order valence-electron chi connectivity index (χ0n) is 3.38. The Kier molecular flexibility index (Phi) is 10.4. The number of esters is 2. The summed E-state index contributed by atoms with van der Waals surface area (Å²) in [7, 11) is 0. The SMILES string of the molecule is O=C1C=CC(=O)O1.[KH].[KH]. The van der Waals surface area contributed by atoms with Crippen molar-refractivity contribution in [1.29, 1.82) is 0 Å². The van der Waals surface area contributed by atoms with Gasteiger partial charge in [0.1, 0.15) is 0 Å². The summed E-state index contributed by atoms with van der Waals surface area (Å²) in [6, 6.07) is 0. The molecule has 0 amide bonds. The van der Waals surface area contributed by atoms with Gasteiger partial charge in [-0.05, 0) is 0 Å². The molecule has 0 spiro atoms. The Balaban J connectivity index is 0. The molecule has 1 heterocycles. The average molecular weight is 178 g/mol. The topological polar surface area (TPSA) is 43.4 Å². The van der Waals surface area contributed by atoms with Gasteiger partial charge in [0.2, 0.25) is 0 Å². The second kappa shape index (κ2) is 6.84. The van der Waals surface area contributed by atoms with Crippen LogP contribution < -0.4 is 0 Å². The average Bonchev–Trinajstić information content (AvgIpc) is 1.87. The van der Waals surface area contributed by atoms with Gasteiger partial charge in [0.15, 0.2) is 0 Å². The van der Waals surface area contributed by atoms with E-state index < -0.39 is 11.9 Å². The minimum atomic E-state index is -0.579. The second-order valence-electron chi connectivity index (χ2n) is 1.07. The van der Waals surface area contributed by atoms with Crippen molar-refractivity contribution in [1.82, 2.24) is 0 Å². The summed E-state index contributed by atoms with van der Waals surface area (Å²) in [6.07, 6.45) is 2.17. The molecule has 0 fully saturated rings. The molecule has 1 rings (SSSR count). The molecule has 5 heteroatoms. The van der Waals surface area contributed by atoms with Crippen LogP contribution in [0.1, 0.15) is 0 Å². The van der Waals surface area contributed by atoms with Crippen LogP contribution in [0.4, 0.5) is 0 Å². The Hall–Kier alpha value is 2.15. The van der Waals surface area contributed by atoms with Gasteiger partial charge in [-0.3, -0.25) is 0 Å². The molecule has 0 aromatic rings. The Bertz CT molecular complexity index is 136. The number of carbonyl (C=O) groups excluding carboxylic acids is 2. The van der Waals surface area contributed by atoms with Gasteiger partial charge in [0, 0.05) is 12.2 Å². The Morgan fingerprint density at radius 3 is 1.44 bits per heavy atom. The van der Waals surface area contributed by atoms with Crippen LogP contribution in [0, 0.1) is 0 Å². The van der Waals surface area contributed by atoms with E-state index >= 15 is 0 Å². The quantitative estimate of drug-likeness (QED) is 0.253. The Morgan fingerprint density at radius 1 is 1.00 bits per heavy atom. The van der Waals surface area contributed by atoms with Gasteiger partial charge < -0.3 is 4.74 Å². The zero-order chi connectivity index (χ0) is 5.28. The van der Waals surface area contributed by atoms with Crippen LogP contribution in [0.5, 0.6) is 0 Å². The molecular formula is C4H4K2O3. The van der Waals surface area contributed by atoms with Gasteiger partial charge in [-0.15, -0.1) is 0 Å². The molecule has 1 aliphatic heterocycles. The van der Waals surface area contributed by atoms with Crippen LogP contribution in [0.3, 0.4) is 0 Å². The predicted octanol–water partition coefficient (Wildman–Crippen LogP) is -1.67.